The highest BCUT2D eigenvalue weighted by Crippen LogP contribution is 2.32. The maximum Gasteiger partial charge on any atom is 0.303 e. The van der Waals surface area contributed by atoms with Crippen LogP contribution in [0.4, 0.5) is 0 Å². The highest BCUT2D eigenvalue weighted by molar-refractivity contribution is 7.11. The molecule has 1 N–H and O–H groups in total. The molecule has 0 radical (unpaired) electrons. The molecule has 16 heavy (non-hydrogen) atoms. The summed E-state index contributed by atoms with van der Waals surface area (Å²) in [6, 6.07) is 4.02. The van der Waals surface area contributed by atoms with Crippen LogP contribution in [0.5, 0.6) is 0 Å². The van der Waals surface area contributed by atoms with Gasteiger partial charge >= 0.3 is 5.97 Å². The van der Waals surface area contributed by atoms with Crippen LogP contribution in [0.25, 0.3) is 0 Å². The zero-order valence-corrected chi connectivity index (χ0v) is 9.83. The number of thiophene rings is 1. The number of aryl methyl sites for hydroxylation is 1. The Morgan fingerprint density at radius 3 is 3.06 bits per heavy atom. The van der Waals surface area contributed by atoms with Gasteiger partial charge in [-0.3, -0.25) is 4.79 Å². The summed E-state index contributed by atoms with van der Waals surface area (Å²) >= 11 is 1.65. The van der Waals surface area contributed by atoms with Crippen LogP contribution in [-0.2, 0) is 14.3 Å². The molecule has 1 saturated heterocycles. The van der Waals surface area contributed by atoms with Crippen LogP contribution in [0.15, 0.2) is 12.1 Å². The van der Waals surface area contributed by atoms with Gasteiger partial charge in [-0.05, 0) is 25.5 Å². The zero-order chi connectivity index (χ0) is 11.5. The van der Waals surface area contributed by atoms with Gasteiger partial charge in [0.25, 0.3) is 0 Å². The van der Waals surface area contributed by atoms with Crippen molar-refractivity contribution in [2.75, 3.05) is 6.61 Å². The van der Waals surface area contributed by atoms with Gasteiger partial charge in [0.15, 0.2) is 6.29 Å². The van der Waals surface area contributed by atoms with E-state index in [1.165, 1.54) is 4.88 Å². The molecule has 0 spiro atoms. The SMILES string of the molecule is Cc1ccc(C2OCC(CCC(=O)O)O2)s1. The van der Waals surface area contributed by atoms with E-state index in [1.54, 1.807) is 11.3 Å². The van der Waals surface area contributed by atoms with Crippen molar-refractivity contribution in [1.29, 1.82) is 0 Å². The molecule has 1 aromatic heterocycles. The molecule has 0 bridgehead atoms. The summed E-state index contributed by atoms with van der Waals surface area (Å²) in [5, 5.41) is 8.57. The summed E-state index contributed by atoms with van der Waals surface area (Å²) in [7, 11) is 0. The Hall–Kier alpha value is -0.910. The number of aliphatic carboxylic acids is 1. The van der Waals surface area contributed by atoms with Crippen molar-refractivity contribution in [3.8, 4) is 0 Å². The van der Waals surface area contributed by atoms with E-state index in [2.05, 4.69) is 0 Å². The summed E-state index contributed by atoms with van der Waals surface area (Å²) in [5.74, 6) is -0.793. The summed E-state index contributed by atoms with van der Waals surface area (Å²) in [6.07, 6.45) is 0.237. The van der Waals surface area contributed by atoms with E-state index in [-0.39, 0.29) is 18.8 Å². The fourth-order valence-corrected chi connectivity index (χ4v) is 2.48. The first kappa shape index (κ1) is 11.6. The number of carboxylic acids is 1. The summed E-state index contributed by atoms with van der Waals surface area (Å²) in [5.41, 5.74) is 0. The third-order valence-electron chi connectivity index (χ3n) is 2.42. The van der Waals surface area contributed by atoms with Gasteiger partial charge in [-0.25, -0.2) is 0 Å². The second-order valence-electron chi connectivity index (χ2n) is 3.80. The Balaban J connectivity index is 1.86. The molecule has 2 atom stereocenters. The highest BCUT2D eigenvalue weighted by Gasteiger charge is 2.28. The predicted octanol–water partition coefficient (Wildman–Crippen LogP) is 2.34. The molecule has 1 fully saturated rings. The van der Waals surface area contributed by atoms with Crippen LogP contribution >= 0.6 is 11.3 Å². The first-order chi connectivity index (χ1) is 7.65. The quantitative estimate of drug-likeness (QED) is 0.880. The lowest BCUT2D eigenvalue weighted by atomic mass is 10.2. The molecule has 5 heteroatoms. The van der Waals surface area contributed by atoms with E-state index in [9.17, 15) is 4.79 Å². The molecule has 1 aliphatic rings. The van der Waals surface area contributed by atoms with Crippen LogP contribution in [-0.4, -0.2) is 23.8 Å². The molecule has 0 saturated carbocycles. The number of hydrogen-bond acceptors (Lipinski definition) is 4. The smallest absolute Gasteiger partial charge is 0.303 e. The monoisotopic (exact) mass is 242 g/mol. The van der Waals surface area contributed by atoms with Crippen molar-refractivity contribution in [2.45, 2.75) is 32.2 Å². The molecule has 0 aliphatic carbocycles. The van der Waals surface area contributed by atoms with Crippen LogP contribution in [0.1, 0.15) is 28.9 Å². The minimum Gasteiger partial charge on any atom is -0.481 e. The number of rotatable bonds is 4. The van der Waals surface area contributed by atoms with Crippen molar-refractivity contribution in [3.05, 3.63) is 21.9 Å². The summed E-state index contributed by atoms with van der Waals surface area (Å²) < 4.78 is 11.1. The molecule has 0 aromatic carbocycles. The van der Waals surface area contributed by atoms with E-state index in [0.717, 1.165) is 4.88 Å². The van der Waals surface area contributed by atoms with Crippen LogP contribution in [0.3, 0.4) is 0 Å². The lowest BCUT2D eigenvalue weighted by molar-refractivity contribution is -0.137. The van der Waals surface area contributed by atoms with Gasteiger partial charge in [0, 0.05) is 11.3 Å². The van der Waals surface area contributed by atoms with Gasteiger partial charge in [0.2, 0.25) is 0 Å². The van der Waals surface area contributed by atoms with Crippen LogP contribution < -0.4 is 0 Å². The molecule has 88 valence electrons. The van der Waals surface area contributed by atoms with Gasteiger partial charge in [-0.2, -0.15) is 0 Å². The first-order valence-electron chi connectivity index (χ1n) is 5.20. The molecular weight excluding hydrogens is 228 g/mol. The third kappa shape index (κ3) is 2.81. The largest absolute Gasteiger partial charge is 0.481 e. The molecule has 2 unspecified atom stereocenters. The van der Waals surface area contributed by atoms with Crippen LogP contribution in [0, 0.1) is 6.92 Å². The summed E-state index contributed by atoms with van der Waals surface area (Å²) in [4.78, 5) is 12.7. The van der Waals surface area contributed by atoms with Crippen molar-refractivity contribution in [3.63, 3.8) is 0 Å². The molecule has 1 aromatic rings. The van der Waals surface area contributed by atoms with E-state index < -0.39 is 5.97 Å². The van der Waals surface area contributed by atoms with Gasteiger partial charge in [0.1, 0.15) is 0 Å². The third-order valence-corrected chi connectivity index (χ3v) is 3.45. The van der Waals surface area contributed by atoms with E-state index in [1.807, 2.05) is 19.1 Å². The van der Waals surface area contributed by atoms with Crippen LogP contribution in [0.2, 0.25) is 0 Å². The first-order valence-corrected chi connectivity index (χ1v) is 6.02. The van der Waals surface area contributed by atoms with Crippen molar-refractivity contribution in [1.82, 2.24) is 0 Å². The molecule has 1 aliphatic heterocycles. The maximum absolute atomic E-state index is 10.4. The van der Waals surface area contributed by atoms with Crippen molar-refractivity contribution in [2.24, 2.45) is 0 Å². The molecule has 0 amide bonds. The second-order valence-corrected chi connectivity index (χ2v) is 5.12. The average molecular weight is 242 g/mol. The number of ether oxygens (including phenoxy) is 2. The Labute approximate surface area is 97.8 Å². The number of carboxylic acid groups (broad SMARTS) is 1. The van der Waals surface area contributed by atoms with E-state index >= 15 is 0 Å². The lowest BCUT2D eigenvalue weighted by Crippen LogP contribution is -2.11. The van der Waals surface area contributed by atoms with Gasteiger partial charge < -0.3 is 14.6 Å². The Kier molecular flexibility index (Phi) is 3.58. The van der Waals surface area contributed by atoms with Gasteiger partial charge in [-0.1, -0.05) is 0 Å². The van der Waals surface area contributed by atoms with Crippen molar-refractivity contribution < 1.29 is 19.4 Å². The molecular formula is C11H14O4S. The standard InChI is InChI=1S/C11H14O4S/c1-7-2-4-9(16-7)11-14-6-8(15-11)3-5-10(12)13/h2,4,8,11H,3,5-6H2,1H3,(H,12,13). The Morgan fingerprint density at radius 2 is 2.44 bits per heavy atom. The van der Waals surface area contributed by atoms with Gasteiger partial charge in [-0.15, -0.1) is 11.3 Å². The Bertz CT molecular complexity index is 374. The van der Waals surface area contributed by atoms with Gasteiger partial charge in [0.05, 0.1) is 17.6 Å². The highest BCUT2D eigenvalue weighted by atomic mass is 32.1. The number of carbonyl (C=O) groups is 1. The maximum atomic E-state index is 10.4. The second kappa shape index (κ2) is 4.95. The Morgan fingerprint density at radius 1 is 1.62 bits per heavy atom. The molecule has 4 nitrogen and oxygen atoms in total. The molecule has 2 heterocycles. The van der Waals surface area contributed by atoms with E-state index in [0.29, 0.717) is 13.0 Å². The normalized spacial score (nSPS) is 24.8. The minimum atomic E-state index is -0.793. The zero-order valence-electron chi connectivity index (χ0n) is 9.01. The fraction of sp³-hybridized carbons (Fsp3) is 0.545. The fourth-order valence-electron chi connectivity index (χ4n) is 1.61. The average Bonchev–Trinajstić information content (AvgIpc) is 2.83. The number of hydrogen-bond donors (Lipinski definition) is 1. The topological polar surface area (TPSA) is 55.8 Å². The molecule has 2 rings (SSSR count). The predicted molar refractivity (Wildman–Crippen MR) is 59.5 cm³/mol. The van der Waals surface area contributed by atoms with E-state index in [4.69, 9.17) is 14.6 Å². The lowest BCUT2D eigenvalue weighted by Gasteiger charge is -2.08. The summed E-state index contributed by atoms with van der Waals surface area (Å²) in [6.45, 7) is 2.51. The van der Waals surface area contributed by atoms with Crippen molar-refractivity contribution >= 4 is 17.3 Å². The minimum absolute atomic E-state index is 0.0940.